The zero-order valence-electron chi connectivity index (χ0n) is 15.7. The first-order valence-corrected chi connectivity index (χ1v) is 9.38. The number of para-hydroxylation sites is 3. The lowest BCUT2D eigenvalue weighted by molar-refractivity contribution is -0.157. The maximum atomic E-state index is 13.8. The summed E-state index contributed by atoms with van der Waals surface area (Å²) in [7, 11) is 0. The number of carbonyl (C=O) groups excluding carboxylic acids is 2. The second-order valence-electron chi connectivity index (χ2n) is 7.40. The van der Waals surface area contributed by atoms with Crippen LogP contribution in [-0.4, -0.2) is 36.6 Å². The number of amides is 2. The van der Waals surface area contributed by atoms with Gasteiger partial charge in [0.15, 0.2) is 0 Å². The molecular formula is C21H20F3N3O2. The van der Waals surface area contributed by atoms with Gasteiger partial charge >= 0.3 is 6.18 Å². The summed E-state index contributed by atoms with van der Waals surface area (Å²) in [6.45, 7) is 1.74. The summed E-state index contributed by atoms with van der Waals surface area (Å²) in [5, 5.41) is 2.48. The Morgan fingerprint density at radius 3 is 2.45 bits per heavy atom. The van der Waals surface area contributed by atoms with Gasteiger partial charge in [-0.3, -0.25) is 14.5 Å². The minimum Gasteiger partial charge on any atom is -0.359 e. The molecular weight excluding hydrogens is 383 g/mol. The van der Waals surface area contributed by atoms with Crippen LogP contribution in [0, 0.1) is 0 Å². The molecule has 0 spiro atoms. The van der Waals surface area contributed by atoms with Crippen molar-refractivity contribution in [2.75, 3.05) is 21.7 Å². The number of fused-ring (bicyclic) bond motifs is 2. The Balaban J connectivity index is 1.72. The first-order valence-electron chi connectivity index (χ1n) is 9.38. The third kappa shape index (κ3) is 3.54. The van der Waals surface area contributed by atoms with Gasteiger partial charge in [-0.1, -0.05) is 30.3 Å². The molecule has 2 atom stereocenters. The summed E-state index contributed by atoms with van der Waals surface area (Å²) >= 11 is 0. The lowest BCUT2D eigenvalue weighted by atomic mass is 10.1. The molecule has 2 aromatic rings. The molecule has 0 fully saturated rings. The third-order valence-electron chi connectivity index (χ3n) is 5.43. The lowest BCUT2D eigenvalue weighted by Gasteiger charge is -2.34. The highest BCUT2D eigenvalue weighted by Gasteiger charge is 2.49. The molecule has 0 aromatic heterocycles. The zero-order valence-corrected chi connectivity index (χ0v) is 15.7. The molecule has 4 rings (SSSR count). The molecule has 0 unspecified atom stereocenters. The van der Waals surface area contributed by atoms with Crippen molar-refractivity contribution in [1.29, 1.82) is 0 Å². The van der Waals surface area contributed by atoms with E-state index in [1.54, 1.807) is 12.1 Å². The molecule has 8 heteroatoms. The van der Waals surface area contributed by atoms with E-state index in [0.717, 1.165) is 22.6 Å². The van der Waals surface area contributed by atoms with Gasteiger partial charge in [-0.05, 0) is 37.1 Å². The van der Waals surface area contributed by atoms with E-state index in [4.69, 9.17) is 0 Å². The fraction of sp³-hybridized carbons (Fsp3) is 0.333. The fourth-order valence-electron chi connectivity index (χ4n) is 4.09. The molecule has 1 N–H and O–H groups in total. The molecule has 0 radical (unpaired) electrons. The number of nitrogens with zero attached hydrogens (tertiary/aromatic N) is 2. The molecule has 0 saturated heterocycles. The normalized spacial score (nSPS) is 21.3. The molecule has 0 saturated carbocycles. The molecule has 2 aromatic carbocycles. The average Bonchev–Trinajstić information content (AvgIpc) is 2.87. The number of nitrogens with one attached hydrogen (secondary N) is 1. The monoisotopic (exact) mass is 403 g/mol. The summed E-state index contributed by atoms with van der Waals surface area (Å²) in [5.41, 5.74) is 2.18. The number of anilines is 3. The molecule has 2 aliphatic rings. The minimum atomic E-state index is -4.74. The van der Waals surface area contributed by atoms with Crippen molar-refractivity contribution in [3.8, 4) is 0 Å². The van der Waals surface area contributed by atoms with Gasteiger partial charge in [-0.2, -0.15) is 13.2 Å². The summed E-state index contributed by atoms with van der Waals surface area (Å²) < 4.78 is 41.5. The van der Waals surface area contributed by atoms with Crippen molar-refractivity contribution in [3.63, 3.8) is 0 Å². The number of halogens is 3. The van der Waals surface area contributed by atoms with Crippen LogP contribution in [0.4, 0.5) is 30.2 Å². The van der Waals surface area contributed by atoms with Crippen LogP contribution in [0.25, 0.3) is 0 Å². The second kappa shape index (κ2) is 7.09. The third-order valence-corrected chi connectivity index (χ3v) is 5.43. The highest BCUT2D eigenvalue weighted by molar-refractivity contribution is 6.06. The lowest BCUT2D eigenvalue weighted by Crippen LogP contribution is -2.53. The fourth-order valence-corrected chi connectivity index (χ4v) is 4.09. The van der Waals surface area contributed by atoms with E-state index >= 15 is 0 Å². The van der Waals surface area contributed by atoms with Crippen molar-refractivity contribution >= 4 is 28.9 Å². The van der Waals surface area contributed by atoms with Gasteiger partial charge in [0.2, 0.25) is 11.8 Å². The first-order chi connectivity index (χ1) is 13.8. The van der Waals surface area contributed by atoms with E-state index in [0.29, 0.717) is 0 Å². The van der Waals surface area contributed by atoms with Crippen LogP contribution in [0.1, 0.15) is 18.9 Å². The van der Waals surface area contributed by atoms with Crippen molar-refractivity contribution in [2.24, 2.45) is 0 Å². The van der Waals surface area contributed by atoms with Crippen molar-refractivity contribution in [2.45, 2.75) is 38.0 Å². The van der Waals surface area contributed by atoms with Crippen LogP contribution < -0.4 is 15.1 Å². The smallest absolute Gasteiger partial charge is 0.359 e. The van der Waals surface area contributed by atoms with Gasteiger partial charge in [0.1, 0.15) is 6.04 Å². The Morgan fingerprint density at radius 1 is 1.07 bits per heavy atom. The van der Waals surface area contributed by atoms with Gasteiger partial charge in [0.25, 0.3) is 0 Å². The molecule has 2 aliphatic heterocycles. The van der Waals surface area contributed by atoms with E-state index in [1.807, 2.05) is 36.1 Å². The number of rotatable bonds is 2. The maximum Gasteiger partial charge on any atom is 0.409 e. The van der Waals surface area contributed by atoms with Crippen LogP contribution in [0.15, 0.2) is 48.5 Å². The Labute approximate surface area is 166 Å². The Kier molecular flexibility index (Phi) is 4.72. The second-order valence-corrected chi connectivity index (χ2v) is 7.40. The molecule has 2 heterocycles. The van der Waals surface area contributed by atoms with Crippen LogP contribution in [0.3, 0.4) is 0 Å². The van der Waals surface area contributed by atoms with Crippen LogP contribution in [0.5, 0.6) is 0 Å². The van der Waals surface area contributed by atoms with Gasteiger partial charge < -0.3 is 10.2 Å². The predicted octanol–water partition coefficient (Wildman–Crippen LogP) is 3.74. The summed E-state index contributed by atoms with van der Waals surface area (Å²) in [6.07, 6.45) is -4.85. The molecule has 0 aliphatic carbocycles. The van der Waals surface area contributed by atoms with E-state index in [9.17, 15) is 22.8 Å². The SMILES string of the molecule is C[C@H]1Cc2ccccc2N1CC(=O)N1c2ccccc2NC(=O)C[C@H]1C(F)(F)F. The molecule has 5 nitrogen and oxygen atoms in total. The highest BCUT2D eigenvalue weighted by atomic mass is 19.4. The van der Waals surface area contributed by atoms with Crippen molar-refractivity contribution in [1.82, 2.24) is 0 Å². The predicted molar refractivity (Wildman–Crippen MR) is 104 cm³/mol. The van der Waals surface area contributed by atoms with E-state index in [2.05, 4.69) is 5.32 Å². The summed E-state index contributed by atoms with van der Waals surface area (Å²) in [5.74, 6) is -1.46. The Hall–Kier alpha value is -3.03. The van der Waals surface area contributed by atoms with E-state index in [1.165, 1.54) is 12.1 Å². The molecule has 0 bridgehead atoms. The Bertz CT molecular complexity index is 960. The molecule has 152 valence electrons. The van der Waals surface area contributed by atoms with E-state index in [-0.39, 0.29) is 24.0 Å². The molecule has 29 heavy (non-hydrogen) atoms. The maximum absolute atomic E-state index is 13.8. The van der Waals surface area contributed by atoms with Gasteiger partial charge in [-0.25, -0.2) is 0 Å². The summed E-state index contributed by atoms with van der Waals surface area (Å²) in [6, 6.07) is 11.4. The highest BCUT2D eigenvalue weighted by Crippen LogP contribution is 2.38. The van der Waals surface area contributed by atoms with Gasteiger partial charge in [0, 0.05) is 11.7 Å². The quantitative estimate of drug-likeness (QED) is 0.831. The van der Waals surface area contributed by atoms with Crippen molar-refractivity contribution in [3.05, 3.63) is 54.1 Å². The number of benzene rings is 2. The largest absolute Gasteiger partial charge is 0.409 e. The van der Waals surface area contributed by atoms with Crippen molar-refractivity contribution < 1.29 is 22.8 Å². The van der Waals surface area contributed by atoms with Gasteiger partial charge in [0.05, 0.1) is 24.3 Å². The standard InChI is InChI=1S/C21H20F3N3O2/c1-13-10-14-6-2-4-8-16(14)26(13)12-20(29)27-17-9-5-3-7-15(17)25-19(28)11-18(27)21(22,23)24/h2-9,13,18H,10-12H2,1H3,(H,25,28)/t13-,18-/m0/s1. The number of alkyl halides is 3. The molecule has 2 amide bonds. The number of hydrogen-bond donors (Lipinski definition) is 1. The van der Waals surface area contributed by atoms with E-state index < -0.39 is 30.5 Å². The van der Waals surface area contributed by atoms with Crippen LogP contribution >= 0.6 is 0 Å². The number of hydrogen-bond acceptors (Lipinski definition) is 3. The summed E-state index contributed by atoms with van der Waals surface area (Å²) in [4.78, 5) is 27.9. The topological polar surface area (TPSA) is 52.7 Å². The average molecular weight is 403 g/mol. The first kappa shape index (κ1) is 19.3. The van der Waals surface area contributed by atoms with Crippen LogP contribution in [0.2, 0.25) is 0 Å². The zero-order chi connectivity index (χ0) is 20.8. The van der Waals surface area contributed by atoms with Gasteiger partial charge in [-0.15, -0.1) is 0 Å². The van der Waals surface area contributed by atoms with Crippen LogP contribution in [-0.2, 0) is 16.0 Å². The Morgan fingerprint density at radius 2 is 1.72 bits per heavy atom. The number of carbonyl (C=O) groups is 2. The minimum absolute atomic E-state index is 0.0114.